The first-order valence-corrected chi connectivity index (χ1v) is 12.6. The summed E-state index contributed by atoms with van der Waals surface area (Å²) in [6.45, 7) is 6.89. The molecule has 4 rings (SSSR count). The Morgan fingerprint density at radius 2 is 1.97 bits per heavy atom. The van der Waals surface area contributed by atoms with E-state index in [1.54, 1.807) is 19.9 Å². The molecule has 1 aromatic heterocycles. The summed E-state index contributed by atoms with van der Waals surface area (Å²) in [6.07, 6.45) is 5.60. The zero-order valence-corrected chi connectivity index (χ0v) is 20.9. The second kappa shape index (κ2) is 10.4. The third-order valence-corrected chi connectivity index (χ3v) is 7.85. The lowest BCUT2D eigenvalue weighted by atomic mass is 9.71. The highest BCUT2D eigenvalue weighted by Gasteiger charge is 2.43. The maximum absolute atomic E-state index is 12.6. The third-order valence-electron chi connectivity index (χ3n) is 7.85. The molecule has 8 heteroatoms. The molecule has 2 atom stereocenters. The molecule has 2 heterocycles. The molecular weight excluding hydrogens is 448 g/mol. The molecule has 1 aromatic carbocycles. The Balaban J connectivity index is 1.21. The van der Waals surface area contributed by atoms with E-state index in [0.29, 0.717) is 61.4 Å². The van der Waals surface area contributed by atoms with Gasteiger partial charge in [-0.1, -0.05) is 12.8 Å². The van der Waals surface area contributed by atoms with Gasteiger partial charge in [-0.2, -0.15) is 0 Å². The number of piperidine rings is 1. The van der Waals surface area contributed by atoms with Crippen molar-refractivity contribution in [3.05, 3.63) is 39.2 Å². The molecule has 8 nitrogen and oxygen atoms in total. The molecule has 1 saturated carbocycles. The summed E-state index contributed by atoms with van der Waals surface area (Å²) in [5.41, 5.74) is 1.64. The molecule has 35 heavy (non-hydrogen) atoms. The first-order chi connectivity index (χ1) is 16.7. The van der Waals surface area contributed by atoms with Crippen LogP contribution in [0.3, 0.4) is 0 Å². The van der Waals surface area contributed by atoms with Gasteiger partial charge in [0.15, 0.2) is 6.61 Å². The van der Waals surface area contributed by atoms with Crippen LogP contribution in [0.25, 0.3) is 11.0 Å². The van der Waals surface area contributed by atoms with Crippen LogP contribution in [0.1, 0.15) is 61.6 Å². The fourth-order valence-electron chi connectivity index (χ4n) is 5.40. The molecule has 2 aromatic rings. The van der Waals surface area contributed by atoms with E-state index in [-0.39, 0.29) is 30.0 Å². The highest BCUT2D eigenvalue weighted by atomic mass is 16.5. The molecule has 2 fully saturated rings. The van der Waals surface area contributed by atoms with Crippen molar-refractivity contribution in [2.45, 2.75) is 71.3 Å². The number of aliphatic hydroxyl groups is 1. The summed E-state index contributed by atoms with van der Waals surface area (Å²) in [5, 5.41) is 14.4. The molecule has 2 amide bonds. The van der Waals surface area contributed by atoms with Gasteiger partial charge in [0.25, 0.3) is 5.91 Å². The van der Waals surface area contributed by atoms with Crippen LogP contribution >= 0.6 is 0 Å². The quantitative estimate of drug-likeness (QED) is 0.462. The van der Waals surface area contributed by atoms with Crippen LogP contribution in [0.4, 0.5) is 0 Å². The first kappa shape index (κ1) is 25.2. The van der Waals surface area contributed by atoms with E-state index in [1.807, 2.05) is 17.9 Å². The number of nitrogens with one attached hydrogen (secondary N) is 1. The van der Waals surface area contributed by atoms with Crippen LogP contribution in [-0.2, 0) is 9.59 Å². The number of rotatable bonds is 7. The molecule has 2 aliphatic rings. The highest BCUT2D eigenvalue weighted by Crippen LogP contribution is 2.39. The fraction of sp³-hybridized carbons (Fsp3) is 0.593. The van der Waals surface area contributed by atoms with Crippen molar-refractivity contribution < 1.29 is 23.8 Å². The minimum Gasteiger partial charge on any atom is -0.483 e. The second-order valence-corrected chi connectivity index (χ2v) is 10.1. The van der Waals surface area contributed by atoms with Crippen LogP contribution in [0.15, 0.2) is 21.3 Å². The van der Waals surface area contributed by atoms with Gasteiger partial charge in [0.05, 0.1) is 5.60 Å². The van der Waals surface area contributed by atoms with Crippen LogP contribution in [0, 0.1) is 26.7 Å². The molecule has 2 N–H and O–H groups in total. The normalized spacial score (nSPS) is 22.1. The Morgan fingerprint density at radius 3 is 2.77 bits per heavy atom. The van der Waals surface area contributed by atoms with Gasteiger partial charge in [0.2, 0.25) is 5.91 Å². The molecular formula is C27H36N2O6. The topological polar surface area (TPSA) is 109 Å². The van der Waals surface area contributed by atoms with E-state index in [0.717, 1.165) is 36.6 Å². The van der Waals surface area contributed by atoms with Gasteiger partial charge in [0, 0.05) is 48.5 Å². The lowest BCUT2D eigenvalue weighted by Gasteiger charge is -2.47. The van der Waals surface area contributed by atoms with Crippen LogP contribution in [-0.4, -0.2) is 53.7 Å². The summed E-state index contributed by atoms with van der Waals surface area (Å²) in [7, 11) is 0. The number of hydrogen-bond donors (Lipinski definition) is 2. The minimum absolute atomic E-state index is 0.0851. The number of hydrogen-bond acceptors (Lipinski definition) is 6. The van der Waals surface area contributed by atoms with Crippen molar-refractivity contribution >= 4 is 22.8 Å². The molecule has 0 radical (unpaired) electrons. The summed E-state index contributed by atoms with van der Waals surface area (Å²) in [4.78, 5) is 38.8. The third kappa shape index (κ3) is 5.37. The van der Waals surface area contributed by atoms with Crippen molar-refractivity contribution in [1.29, 1.82) is 0 Å². The number of aryl methyl sites for hydroxylation is 2. The lowest BCUT2D eigenvalue weighted by Crippen LogP contribution is -2.54. The van der Waals surface area contributed by atoms with Gasteiger partial charge in [-0.05, 0) is 64.2 Å². The van der Waals surface area contributed by atoms with Gasteiger partial charge in [-0.25, -0.2) is 4.79 Å². The monoisotopic (exact) mass is 484 g/mol. The largest absolute Gasteiger partial charge is 0.483 e. The number of carbonyl (C=O) groups is 2. The Hall–Kier alpha value is -2.87. The van der Waals surface area contributed by atoms with Crippen molar-refractivity contribution in [3.8, 4) is 5.75 Å². The molecule has 0 bridgehead atoms. The maximum atomic E-state index is 12.6. The predicted molar refractivity (Wildman–Crippen MR) is 133 cm³/mol. The van der Waals surface area contributed by atoms with Crippen LogP contribution in [0.5, 0.6) is 5.75 Å². The molecule has 0 unspecified atom stereocenters. The number of fused-ring (bicyclic) bond motifs is 2. The first-order valence-electron chi connectivity index (χ1n) is 12.6. The lowest BCUT2D eigenvalue weighted by molar-refractivity contribution is -0.143. The van der Waals surface area contributed by atoms with Gasteiger partial charge in [0.1, 0.15) is 11.3 Å². The summed E-state index contributed by atoms with van der Waals surface area (Å²) < 4.78 is 11.1. The SMILES string of the molecule is Cc1c(C)c2ccc(OCC(=O)NCCCC(=O)N3CC[C@]4(O)CCCC[C@H]4C3)c(C)c2oc1=O. The average molecular weight is 485 g/mol. The number of benzene rings is 1. The van der Waals surface area contributed by atoms with E-state index in [1.165, 1.54) is 0 Å². The zero-order valence-electron chi connectivity index (χ0n) is 20.9. The zero-order chi connectivity index (χ0) is 25.2. The fourth-order valence-corrected chi connectivity index (χ4v) is 5.40. The minimum atomic E-state index is -0.588. The highest BCUT2D eigenvalue weighted by molar-refractivity contribution is 5.86. The van der Waals surface area contributed by atoms with Crippen LogP contribution in [0.2, 0.25) is 0 Å². The van der Waals surface area contributed by atoms with E-state index in [2.05, 4.69) is 5.32 Å². The Kier molecular flexibility index (Phi) is 7.50. The molecule has 1 aliphatic carbocycles. The summed E-state index contributed by atoms with van der Waals surface area (Å²) in [6, 6.07) is 3.61. The van der Waals surface area contributed by atoms with E-state index >= 15 is 0 Å². The predicted octanol–water partition coefficient (Wildman–Crippen LogP) is 3.15. The van der Waals surface area contributed by atoms with Crippen molar-refractivity contribution in [3.63, 3.8) is 0 Å². The molecule has 1 aliphatic heterocycles. The average Bonchev–Trinajstić information content (AvgIpc) is 2.84. The number of ether oxygens (including phenoxy) is 1. The summed E-state index contributed by atoms with van der Waals surface area (Å²) >= 11 is 0. The number of likely N-dealkylation sites (tertiary alicyclic amines) is 1. The van der Waals surface area contributed by atoms with Crippen molar-refractivity contribution in [1.82, 2.24) is 10.2 Å². The maximum Gasteiger partial charge on any atom is 0.339 e. The van der Waals surface area contributed by atoms with Gasteiger partial charge < -0.3 is 24.5 Å². The smallest absolute Gasteiger partial charge is 0.339 e. The number of amides is 2. The Morgan fingerprint density at radius 1 is 1.17 bits per heavy atom. The van der Waals surface area contributed by atoms with Gasteiger partial charge in [-0.3, -0.25) is 9.59 Å². The molecule has 1 saturated heterocycles. The molecule has 190 valence electrons. The van der Waals surface area contributed by atoms with Crippen molar-refractivity contribution in [2.24, 2.45) is 5.92 Å². The summed E-state index contributed by atoms with van der Waals surface area (Å²) in [5.74, 6) is 0.484. The Bertz CT molecular complexity index is 1170. The van der Waals surface area contributed by atoms with Gasteiger partial charge >= 0.3 is 5.63 Å². The van der Waals surface area contributed by atoms with E-state index in [4.69, 9.17) is 9.15 Å². The van der Waals surface area contributed by atoms with Gasteiger partial charge in [-0.15, -0.1) is 0 Å². The van der Waals surface area contributed by atoms with Crippen molar-refractivity contribution in [2.75, 3.05) is 26.2 Å². The number of nitrogens with zero attached hydrogens (tertiary/aromatic N) is 1. The number of carbonyl (C=O) groups excluding carboxylic acids is 2. The van der Waals surface area contributed by atoms with E-state index in [9.17, 15) is 19.5 Å². The molecule has 0 spiro atoms. The standard InChI is InChI=1S/C27H36N2O6/c1-17-18(2)26(32)35-25-19(3)22(10-9-21(17)25)34-16-23(30)28-13-6-8-24(31)29-14-12-27(33)11-5-4-7-20(27)15-29/h9-10,20,33H,4-8,11-16H2,1-3H3,(H,28,30)/t20-,27+/m0/s1. The second-order valence-electron chi connectivity index (χ2n) is 10.1. The van der Waals surface area contributed by atoms with E-state index < -0.39 is 5.60 Å². The Labute approximate surface area is 205 Å². The van der Waals surface area contributed by atoms with Crippen LogP contribution < -0.4 is 15.7 Å².